The lowest BCUT2D eigenvalue weighted by Crippen LogP contribution is -2.44. The highest BCUT2D eigenvalue weighted by Gasteiger charge is 2.39. The summed E-state index contributed by atoms with van der Waals surface area (Å²) in [4.78, 5) is 72.7. The molecule has 14 heteroatoms. The van der Waals surface area contributed by atoms with Crippen LogP contribution in [0.15, 0.2) is 122 Å². The Morgan fingerprint density at radius 2 is 1.14 bits per heavy atom. The zero-order chi connectivity index (χ0) is 45.5. The molecule has 2 aromatic heterocycles. The number of amides is 4. The summed E-state index contributed by atoms with van der Waals surface area (Å²) in [6.45, 7) is 6.44. The predicted molar refractivity (Wildman–Crippen MR) is 245 cm³/mol. The molecule has 14 nitrogen and oxygen atoms in total. The summed E-state index contributed by atoms with van der Waals surface area (Å²) < 4.78 is 10.3. The Kier molecular flexibility index (Phi) is 13.1. The van der Waals surface area contributed by atoms with E-state index in [4.69, 9.17) is 14.5 Å². The number of rotatable bonds is 10. The standard InChI is InChI=1S/C51H52N8O6/c1-51(2,3)65-50(63)57-44(38-15-9-6-10-16-38)48(61)59-30-12-18-42(59)46-53-32-40(55-46)36-26-24-35(25-27-36)34-22-19-33(20-23-34)21-28-39-31-52-45(54-39)41-17-11-29-58(41)47(60)43(56-49(62)64-4)37-13-7-5-8-14-37/h5-10,13-16,19-20,22-27,31-32,41-44H,11-12,17-18,29-30H2,1-4H3,(H,52,54)(H,53,55)(H,56,62)(H,57,63). The number of alkyl carbamates (subject to hydrolysis) is 2. The van der Waals surface area contributed by atoms with Gasteiger partial charge in [-0.1, -0.05) is 103 Å². The van der Waals surface area contributed by atoms with Gasteiger partial charge in [0.05, 0.1) is 37.3 Å². The monoisotopic (exact) mass is 872 g/mol. The summed E-state index contributed by atoms with van der Waals surface area (Å²) in [5.74, 6) is 7.29. The number of nitrogens with zero attached hydrogens (tertiary/aromatic N) is 4. The average molecular weight is 873 g/mol. The number of likely N-dealkylation sites (tertiary alicyclic amines) is 2. The van der Waals surface area contributed by atoms with Gasteiger partial charge in [0.25, 0.3) is 11.8 Å². The number of carbonyl (C=O) groups is 4. The largest absolute Gasteiger partial charge is 0.453 e. The van der Waals surface area contributed by atoms with E-state index in [0.29, 0.717) is 41.6 Å². The minimum Gasteiger partial charge on any atom is -0.453 e. The van der Waals surface area contributed by atoms with Crippen molar-refractivity contribution in [2.75, 3.05) is 20.2 Å². The zero-order valence-electron chi connectivity index (χ0n) is 36.8. The molecule has 4 atom stereocenters. The molecule has 0 radical (unpaired) electrons. The number of H-pyrrole nitrogens is 2. The fourth-order valence-corrected chi connectivity index (χ4v) is 8.38. The Morgan fingerprint density at radius 1 is 0.646 bits per heavy atom. The smallest absolute Gasteiger partial charge is 0.408 e. The highest BCUT2D eigenvalue weighted by molar-refractivity contribution is 5.88. The third-order valence-electron chi connectivity index (χ3n) is 11.5. The highest BCUT2D eigenvalue weighted by atomic mass is 16.6. The van der Waals surface area contributed by atoms with Gasteiger partial charge in [-0.05, 0) is 92.3 Å². The van der Waals surface area contributed by atoms with Gasteiger partial charge in [0, 0.05) is 18.7 Å². The minimum absolute atomic E-state index is 0.217. The Morgan fingerprint density at radius 3 is 1.68 bits per heavy atom. The average Bonchev–Trinajstić information content (AvgIpc) is 4.17. The van der Waals surface area contributed by atoms with Gasteiger partial charge in [0.2, 0.25) is 0 Å². The fraction of sp³-hybridized carbons (Fsp3) is 0.294. The molecule has 2 saturated heterocycles. The summed E-state index contributed by atoms with van der Waals surface area (Å²) in [7, 11) is 1.27. The van der Waals surface area contributed by atoms with Crippen LogP contribution in [-0.2, 0) is 19.1 Å². The molecule has 0 saturated carbocycles. The minimum atomic E-state index is -0.910. The number of imidazole rings is 2. The van der Waals surface area contributed by atoms with E-state index in [0.717, 1.165) is 53.6 Å². The lowest BCUT2D eigenvalue weighted by Gasteiger charge is -2.29. The summed E-state index contributed by atoms with van der Waals surface area (Å²) in [5, 5.41) is 5.51. The molecule has 4 amide bonds. The molecule has 0 bridgehead atoms. The Labute approximate surface area is 378 Å². The lowest BCUT2D eigenvalue weighted by molar-refractivity contribution is -0.135. The Hall–Kier alpha value is -7.66. The van der Waals surface area contributed by atoms with Crippen molar-refractivity contribution in [2.45, 2.75) is 76.2 Å². The van der Waals surface area contributed by atoms with Crippen LogP contribution < -0.4 is 10.6 Å². The quantitative estimate of drug-likeness (QED) is 0.0991. The maximum Gasteiger partial charge on any atom is 0.408 e. The van der Waals surface area contributed by atoms with Crippen LogP contribution in [0.1, 0.15) is 105 Å². The number of carbonyl (C=O) groups excluding carboxylic acids is 4. The van der Waals surface area contributed by atoms with Crippen molar-refractivity contribution in [1.29, 1.82) is 0 Å². The van der Waals surface area contributed by atoms with Crippen LogP contribution in [0.3, 0.4) is 0 Å². The van der Waals surface area contributed by atoms with Gasteiger partial charge in [0.15, 0.2) is 0 Å². The summed E-state index contributed by atoms with van der Waals surface area (Å²) in [6, 6.07) is 32.2. The molecule has 2 aliphatic rings. The van der Waals surface area contributed by atoms with Gasteiger partial charge in [-0.2, -0.15) is 0 Å². The van der Waals surface area contributed by atoms with Crippen LogP contribution >= 0.6 is 0 Å². The van der Waals surface area contributed by atoms with Crippen LogP contribution in [-0.4, -0.2) is 79.5 Å². The van der Waals surface area contributed by atoms with E-state index < -0.39 is 29.9 Å². The first-order valence-electron chi connectivity index (χ1n) is 21.8. The number of benzene rings is 4. The number of hydrogen-bond acceptors (Lipinski definition) is 8. The maximum absolute atomic E-state index is 14.1. The van der Waals surface area contributed by atoms with E-state index in [2.05, 4.69) is 49.6 Å². The van der Waals surface area contributed by atoms with Crippen LogP contribution in [0, 0.1) is 11.8 Å². The number of aromatic amines is 2. The van der Waals surface area contributed by atoms with Crippen LogP contribution in [0.25, 0.3) is 22.4 Å². The van der Waals surface area contributed by atoms with Crippen molar-refractivity contribution in [2.24, 2.45) is 0 Å². The third-order valence-corrected chi connectivity index (χ3v) is 11.5. The van der Waals surface area contributed by atoms with Crippen molar-refractivity contribution < 1.29 is 28.7 Å². The Balaban J connectivity index is 0.901. The first kappa shape index (κ1) is 44.0. The second-order valence-electron chi connectivity index (χ2n) is 17.1. The molecule has 0 spiro atoms. The van der Waals surface area contributed by atoms with E-state index in [9.17, 15) is 19.2 Å². The van der Waals surface area contributed by atoms with Gasteiger partial charge in [-0.25, -0.2) is 19.6 Å². The maximum atomic E-state index is 14.1. The van der Waals surface area contributed by atoms with E-state index in [1.165, 1.54) is 7.11 Å². The first-order chi connectivity index (χ1) is 31.4. The van der Waals surface area contributed by atoms with Crippen molar-refractivity contribution in [3.05, 3.63) is 156 Å². The Bertz CT molecular complexity index is 2680. The van der Waals surface area contributed by atoms with Gasteiger partial charge in [0.1, 0.15) is 35.0 Å². The molecule has 6 aromatic rings. The van der Waals surface area contributed by atoms with Crippen LogP contribution in [0.2, 0.25) is 0 Å². The van der Waals surface area contributed by atoms with Gasteiger partial charge >= 0.3 is 12.2 Å². The molecule has 4 unspecified atom stereocenters. The number of aromatic nitrogens is 4. The van der Waals surface area contributed by atoms with E-state index in [1.54, 1.807) is 55.1 Å². The molecule has 65 heavy (non-hydrogen) atoms. The van der Waals surface area contributed by atoms with Crippen molar-refractivity contribution in [1.82, 2.24) is 40.4 Å². The molecule has 4 heterocycles. The molecule has 0 aliphatic carbocycles. The molecule has 2 aliphatic heterocycles. The second kappa shape index (κ2) is 19.4. The molecule has 332 valence electrons. The van der Waals surface area contributed by atoms with E-state index in [-0.39, 0.29) is 23.9 Å². The van der Waals surface area contributed by atoms with Crippen molar-refractivity contribution >= 4 is 24.0 Å². The second-order valence-corrected chi connectivity index (χ2v) is 17.1. The molecule has 2 fully saturated rings. The zero-order valence-corrected chi connectivity index (χ0v) is 36.8. The number of methoxy groups -OCH3 is 1. The SMILES string of the molecule is COC(=O)NC(C(=O)N1CCCC1c1ncc(C#Cc2ccc(-c3ccc(-c4cnc(C5CCCN5C(=O)C(NC(=O)OC(C)(C)C)c5ccccc5)[nH]4)cc3)cc2)[nH]1)c1ccccc1. The molecular formula is C51H52N8O6. The van der Waals surface area contributed by atoms with E-state index in [1.807, 2.05) is 84.9 Å². The normalized spacial score (nSPS) is 16.8. The predicted octanol–water partition coefficient (Wildman–Crippen LogP) is 8.56. The first-order valence-corrected chi connectivity index (χ1v) is 21.8. The lowest BCUT2D eigenvalue weighted by atomic mass is 10.0. The summed E-state index contributed by atoms with van der Waals surface area (Å²) in [5.41, 5.74) is 5.96. The van der Waals surface area contributed by atoms with Crippen molar-refractivity contribution in [3.63, 3.8) is 0 Å². The third kappa shape index (κ3) is 10.4. The highest BCUT2D eigenvalue weighted by Crippen LogP contribution is 2.35. The van der Waals surface area contributed by atoms with E-state index >= 15 is 0 Å². The topological polar surface area (TPSA) is 175 Å². The molecule has 4 aromatic carbocycles. The van der Waals surface area contributed by atoms with Crippen LogP contribution in [0.4, 0.5) is 9.59 Å². The van der Waals surface area contributed by atoms with Gasteiger partial charge < -0.3 is 39.9 Å². The van der Waals surface area contributed by atoms with Gasteiger partial charge in [-0.15, -0.1) is 0 Å². The van der Waals surface area contributed by atoms with Gasteiger partial charge in [-0.3, -0.25) is 9.59 Å². The summed E-state index contributed by atoms with van der Waals surface area (Å²) in [6.07, 6.45) is 5.22. The number of ether oxygens (including phenoxy) is 2. The number of nitrogens with one attached hydrogen (secondary N) is 4. The number of hydrogen-bond donors (Lipinski definition) is 4. The molecule has 8 rings (SSSR count). The van der Waals surface area contributed by atoms with Crippen molar-refractivity contribution in [3.8, 4) is 34.2 Å². The fourth-order valence-electron chi connectivity index (χ4n) is 8.38. The summed E-state index contributed by atoms with van der Waals surface area (Å²) >= 11 is 0. The molecular weight excluding hydrogens is 821 g/mol. The molecule has 4 N–H and O–H groups in total. The van der Waals surface area contributed by atoms with Crippen LogP contribution in [0.5, 0.6) is 0 Å².